The molecule has 1 heterocycles. The van der Waals surface area contributed by atoms with Gasteiger partial charge < -0.3 is 10.2 Å². The van der Waals surface area contributed by atoms with Gasteiger partial charge in [0.1, 0.15) is 0 Å². The van der Waals surface area contributed by atoms with Gasteiger partial charge in [-0.3, -0.25) is 4.98 Å². The van der Waals surface area contributed by atoms with Crippen LogP contribution in [0.1, 0.15) is 30.7 Å². The van der Waals surface area contributed by atoms with E-state index >= 15 is 0 Å². The molecular weight excluding hydrogens is 206 g/mol. The number of hydrogen-bond donors (Lipinski definition) is 1. The first kappa shape index (κ1) is 11.0. The molecule has 0 aliphatic heterocycles. The monoisotopic (exact) mass is 225 g/mol. The third-order valence-electron chi connectivity index (χ3n) is 2.96. The van der Waals surface area contributed by atoms with Crippen LogP contribution in [0.3, 0.4) is 0 Å². The molecule has 84 valence electrons. The van der Waals surface area contributed by atoms with Crippen LogP contribution in [0.15, 0.2) is 11.7 Å². The van der Waals surface area contributed by atoms with Crippen molar-refractivity contribution in [2.24, 2.45) is 0 Å². The average Bonchev–Trinajstić information content (AvgIpc) is 2.93. The fourth-order valence-corrected chi connectivity index (χ4v) is 2.35. The van der Waals surface area contributed by atoms with Gasteiger partial charge in [0.2, 0.25) is 0 Å². The molecule has 0 radical (unpaired) electrons. The Morgan fingerprint density at radius 2 is 2.47 bits per heavy atom. The number of hydrogen-bond acceptors (Lipinski definition) is 4. The first-order valence-electron chi connectivity index (χ1n) is 5.59. The summed E-state index contributed by atoms with van der Waals surface area (Å²) < 4.78 is 0. The first-order valence-corrected chi connectivity index (χ1v) is 6.47. The van der Waals surface area contributed by atoms with Gasteiger partial charge >= 0.3 is 0 Å². The second-order valence-corrected chi connectivity index (χ2v) is 5.21. The molecule has 1 N–H and O–H groups in total. The van der Waals surface area contributed by atoms with Gasteiger partial charge in [0.25, 0.3) is 0 Å². The molecule has 4 heteroatoms. The smallest absolute Gasteiger partial charge is 0.0794 e. The van der Waals surface area contributed by atoms with E-state index < -0.39 is 0 Å². The summed E-state index contributed by atoms with van der Waals surface area (Å²) in [6, 6.07) is 1.30. The summed E-state index contributed by atoms with van der Waals surface area (Å²) in [5.74, 6) is 0. The fourth-order valence-electron chi connectivity index (χ4n) is 1.70. The van der Waals surface area contributed by atoms with Crippen LogP contribution in [0.4, 0.5) is 0 Å². The van der Waals surface area contributed by atoms with Crippen molar-refractivity contribution in [3.63, 3.8) is 0 Å². The van der Waals surface area contributed by atoms with Crippen LogP contribution in [-0.2, 0) is 0 Å². The molecule has 1 unspecified atom stereocenters. The molecule has 1 aromatic heterocycles. The summed E-state index contributed by atoms with van der Waals surface area (Å²) in [5, 5.41) is 3.53. The number of nitrogens with zero attached hydrogens (tertiary/aromatic N) is 2. The van der Waals surface area contributed by atoms with Crippen LogP contribution in [0, 0.1) is 0 Å². The van der Waals surface area contributed by atoms with Gasteiger partial charge in [-0.2, -0.15) is 0 Å². The van der Waals surface area contributed by atoms with Crippen molar-refractivity contribution >= 4 is 11.3 Å². The van der Waals surface area contributed by atoms with E-state index in [2.05, 4.69) is 29.2 Å². The van der Waals surface area contributed by atoms with Crippen LogP contribution in [0.25, 0.3) is 0 Å². The third-order valence-corrected chi connectivity index (χ3v) is 3.92. The van der Waals surface area contributed by atoms with Crippen molar-refractivity contribution in [1.82, 2.24) is 15.2 Å². The zero-order chi connectivity index (χ0) is 10.7. The maximum absolute atomic E-state index is 4.09. The summed E-state index contributed by atoms with van der Waals surface area (Å²) in [7, 11) is 2.22. The van der Waals surface area contributed by atoms with E-state index in [-0.39, 0.29) is 0 Å². The molecule has 15 heavy (non-hydrogen) atoms. The zero-order valence-corrected chi connectivity index (χ0v) is 10.3. The Kier molecular flexibility index (Phi) is 3.72. The minimum absolute atomic E-state index is 0.435. The van der Waals surface area contributed by atoms with E-state index in [0.717, 1.165) is 19.1 Å². The van der Waals surface area contributed by atoms with Gasteiger partial charge in [-0.05, 0) is 26.8 Å². The second kappa shape index (κ2) is 5.05. The minimum Gasteiger partial charge on any atom is -0.308 e. The maximum atomic E-state index is 4.09. The average molecular weight is 225 g/mol. The highest BCUT2D eigenvalue weighted by atomic mass is 32.1. The van der Waals surface area contributed by atoms with Crippen LogP contribution >= 0.6 is 11.3 Å². The predicted molar refractivity (Wildman–Crippen MR) is 64.2 cm³/mol. The quantitative estimate of drug-likeness (QED) is 0.801. The van der Waals surface area contributed by atoms with E-state index in [0.29, 0.717) is 6.04 Å². The molecule has 1 fully saturated rings. The molecule has 1 saturated carbocycles. The van der Waals surface area contributed by atoms with E-state index in [1.165, 1.54) is 17.7 Å². The van der Waals surface area contributed by atoms with Gasteiger partial charge in [-0.25, -0.2) is 0 Å². The Bertz CT molecular complexity index is 282. The fraction of sp³-hybridized carbons (Fsp3) is 0.727. The number of likely N-dealkylation sites (N-methyl/N-ethyl adjacent to an activating group) is 1. The van der Waals surface area contributed by atoms with E-state index in [1.54, 1.807) is 11.3 Å². The van der Waals surface area contributed by atoms with Gasteiger partial charge in [0.15, 0.2) is 0 Å². The Balaban J connectivity index is 1.64. The second-order valence-electron chi connectivity index (χ2n) is 4.29. The molecule has 0 amide bonds. The molecule has 0 bridgehead atoms. The van der Waals surface area contributed by atoms with Crippen molar-refractivity contribution < 1.29 is 0 Å². The molecule has 3 nitrogen and oxygen atoms in total. The van der Waals surface area contributed by atoms with Gasteiger partial charge in [-0.1, -0.05) is 0 Å². The predicted octanol–water partition coefficient (Wildman–Crippen LogP) is 1.89. The number of thiazole rings is 1. The highest BCUT2D eigenvalue weighted by Gasteiger charge is 2.25. The van der Waals surface area contributed by atoms with Gasteiger partial charge in [0.05, 0.1) is 5.51 Å². The van der Waals surface area contributed by atoms with Gasteiger partial charge in [-0.15, -0.1) is 11.3 Å². The van der Waals surface area contributed by atoms with Crippen molar-refractivity contribution in [2.45, 2.75) is 31.8 Å². The molecule has 2 rings (SSSR count). The van der Waals surface area contributed by atoms with Crippen molar-refractivity contribution in [1.29, 1.82) is 0 Å². The molecular formula is C11H19N3S. The lowest BCUT2D eigenvalue weighted by molar-refractivity contribution is 0.317. The summed E-state index contributed by atoms with van der Waals surface area (Å²) in [5.41, 5.74) is 1.89. The first-order chi connectivity index (χ1) is 7.27. The molecule has 0 aromatic carbocycles. The lowest BCUT2D eigenvalue weighted by Crippen LogP contribution is -2.31. The molecule has 1 aliphatic carbocycles. The van der Waals surface area contributed by atoms with E-state index in [4.69, 9.17) is 0 Å². The lowest BCUT2D eigenvalue weighted by Gasteiger charge is -2.18. The van der Waals surface area contributed by atoms with E-state index in [9.17, 15) is 0 Å². The van der Waals surface area contributed by atoms with Crippen LogP contribution < -0.4 is 5.32 Å². The Morgan fingerprint density at radius 1 is 1.67 bits per heavy atom. The maximum Gasteiger partial charge on any atom is 0.0794 e. The molecule has 1 aromatic rings. The zero-order valence-electron chi connectivity index (χ0n) is 9.44. The van der Waals surface area contributed by atoms with Gasteiger partial charge in [0, 0.05) is 36.2 Å². The van der Waals surface area contributed by atoms with Crippen LogP contribution in [-0.4, -0.2) is 36.1 Å². The summed E-state index contributed by atoms with van der Waals surface area (Å²) in [6.45, 7) is 4.41. The Morgan fingerprint density at radius 3 is 3.07 bits per heavy atom. The molecule has 0 saturated heterocycles. The number of nitrogens with one attached hydrogen (secondary N) is 1. The van der Waals surface area contributed by atoms with E-state index in [1.807, 2.05) is 11.7 Å². The topological polar surface area (TPSA) is 28.2 Å². The highest BCUT2D eigenvalue weighted by molar-refractivity contribution is 7.09. The normalized spacial score (nSPS) is 18.3. The Labute approximate surface area is 95.5 Å². The lowest BCUT2D eigenvalue weighted by atomic mass is 10.3. The van der Waals surface area contributed by atoms with Crippen molar-refractivity contribution in [3.8, 4) is 0 Å². The SMILES string of the molecule is CC(NCCN(C)C1CC1)c1cncs1. The molecule has 1 atom stereocenters. The van der Waals surface area contributed by atoms with Crippen LogP contribution in [0.2, 0.25) is 0 Å². The summed E-state index contributed by atoms with van der Waals surface area (Å²) >= 11 is 1.72. The van der Waals surface area contributed by atoms with Crippen molar-refractivity contribution in [3.05, 3.63) is 16.6 Å². The number of aromatic nitrogens is 1. The van der Waals surface area contributed by atoms with Crippen molar-refractivity contribution in [2.75, 3.05) is 20.1 Å². The number of rotatable bonds is 6. The molecule has 1 aliphatic rings. The standard InChI is InChI=1S/C11H19N3S/c1-9(11-7-12-8-15-11)13-5-6-14(2)10-3-4-10/h7-10,13H,3-6H2,1-2H3. The third kappa shape index (κ3) is 3.26. The highest BCUT2D eigenvalue weighted by Crippen LogP contribution is 2.24. The summed E-state index contributed by atoms with van der Waals surface area (Å²) in [4.78, 5) is 7.87. The summed E-state index contributed by atoms with van der Waals surface area (Å²) in [6.07, 6.45) is 4.73. The minimum atomic E-state index is 0.435. The Hall–Kier alpha value is -0.450. The largest absolute Gasteiger partial charge is 0.308 e. The molecule has 0 spiro atoms. The van der Waals surface area contributed by atoms with Crippen LogP contribution in [0.5, 0.6) is 0 Å².